The third-order valence-electron chi connectivity index (χ3n) is 3.75. The van der Waals surface area contributed by atoms with Gasteiger partial charge in [0.15, 0.2) is 0 Å². The average Bonchev–Trinajstić information content (AvgIpc) is 3.01. The van der Waals surface area contributed by atoms with Gasteiger partial charge in [0.1, 0.15) is 0 Å². The fourth-order valence-electron chi connectivity index (χ4n) is 2.35. The van der Waals surface area contributed by atoms with Gasteiger partial charge >= 0.3 is 0 Å². The van der Waals surface area contributed by atoms with E-state index in [4.69, 9.17) is 0 Å². The minimum absolute atomic E-state index is 0.0244. The van der Waals surface area contributed by atoms with Crippen LogP contribution in [0, 0.1) is 5.92 Å². The molecule has 116 valence electrons. The highest BCUT2D eigenvalue weighted by molar-refractivity contribution is 7.89. The Kier molecular flexibility index (Phi) is 4.97. The number of carbonyl (C=O) groups excluding carboxylic acids is 1. The molecule has 1 saturated heterocycles. The quantitative estimate of drug-likeness (QED) is 0.734. The van der Waals surface area contributed by atoms with Crippen LogP contribution in [0.3, 0.4) is 0 Å². The Labute approximate surface area is 125 Å². The van der Waals surface area contributed by atoms with Gasteiger partial charge in [-0.15, -0.1) is 0 Å². The maximum absolute atomic E-state index is 12.0. The number of benzene rings is 1. The van der Waals surface area contributed by atoms with Crippen molar-refractivity contribution in [3.8, 4) is 0 Å². The summed E-state index contributed by atoms with van der Waals surface area (Å²) in [4.78, 5) is 12.3. The van der Waals surface area contributed by atoms with Gasteiger partial charge in [-0.1, -0.05) is 12.1 Å². The summed E-state index contributed by atoms with van der Waals surface area (Å²) in [7, 11) is -2.05. The number of hydrogen-bond acceptors (Lipinski definition) is 4. The van der Waals surface area contributed by atoms with Gasteiger partial charge < -0.3 is 10.6 Å². The Balaban J connectivity index is 2.02. The lowest BCUT2D eigenvalue weighted by atomic mass is 10.1. The summed E-state index contributed by atoms with van der Waals surface area (Å²) in [6.07, 6.45) is 0.859. The summed E-state index contributed by atoms with van der Waals surface area (Å²) >= 11 is 0. The van der Waals surface area contributed by atoms with Crippen LogP contribution in [0.15, 0.2) is 29.2 Å². The fourth-order valence-corrected chi connectivity index (χ4v) is 3.08. The molecule has 0 spiro atoms. The molecule has 1 aliphatic rings. The van der Waals surface area contributed by atoms with Crippen molar-refractivity contribution in [1.29, 1.82) is 0 Å². The van der Waals surface area contributed by atoms with E-state index in [1.165, 1.54) is 7.05 Å². The summed E-state index contributed by atoms with van der Waals surface area (Å²) in [5, 5.41) is 6.13. The second-order valence-electron chi connectivity index (χ2n) is 5.20. The molecule has 2 rings (SSSR count). The average molecular weight is 311 g/mol. The third kappa shape index (κ3) is 3.81. The van der Waals surface area contributed by atoms with Gasteiger partial charge in [0.05, 0.1) is 16.9 Å². The topological polar surface area (TPSA) is 87.3 Å². The minimum Gasteiger partial charge on any atom is -0.349 e. The highest BCUT2D eigenvalue weighted by Crippen LogP contribution is 2.17. The summed E-state index contributed by atoms with van der Waals surface area (Å²) in [6, 6.07) is 6.39. The summed E-state index contributed by atoms with van der Waals surface area (Å²) < 4.78 is 25.6. The highest BCUT2D eigenvalue weighted by Gasteiger charge is 2.23. The molecule has 6 nitrogen and oxygen atoms in total. The van der Waals surface area contributed by atoms with Crippen molar-refractivity contribution < 1.29 is 13.2 Å². The largest absolute Gasteiger partial charge is 0.349 e. The Morgan fingerprint density at radius 2 is 2.00 bits per heavy atom. The van der Waals surface area contributed by atoms with E-state index in [-0.39, 0.29) is 22.8 Å². The molecule has 2 unspecified atom stereocenters. The Hall–Kier alpha value is -1.44. The zero-order valence-corrected chi connectivity index (χ0v) is 13.0. The van der Waals surface area contributed by atoms with Gasteiger partial charge in [0.25, 0.3) is 0 Å². The highest BCUT2D eigenvalue weighted by atomic mass is 32.2. The Morgan fingerprint density at radius 1 is 1.33 bits per heavy atom. The van der Waals surface area contributed by atoms with Crippen LogP contribution in [-0.2, 0) is 14.8 Å². The normalized spacial score (nSPS) is 20.2. The molecule has 0 aromatic heterocycles. The lowest BCUT2D eigenvalue weighted by Gasteiger charge is -2.17. The van der Waals surface area contributed by atoms with E-state index < -0.39 is 10.0 Å². The summed E-state index contributed by atoms with van der Waals surface area (Å²) in [5.74, 6) is 0.0656. The first-order valence-electron chi connectivity index (χ1n) is 6.98. The zero-order valence-electron chi connectivity index (χ0n) is 12.2. The SMILES string of the molecule is CNS(=O)(=O)c1ccc(C(C)NC(=O)C2CCNC2)cc1. The van der Waals surface area contributed by atoms with E-state index in [9.17, 15) is 13.2 Å². The van der Waals surface area contributed by atoms with E-state index in [2.05, 4.69) is 15.4 Å². The van der Waals surface area contributed by atoms with Crippen molar-refractivity contribution >= 4 is 15.9 Å². The van der Waals surface area contributed by atoms with Crippen molar-refractivity contribution in [2.75, 3.05) is 20.1 Å². The predicted molar refractivity (Wildman–Crippen MR) is 80.2 cm³/mol. The number of nitrogens with one attached hydrogen (secondary N) is 3. The number of carbonyl (C=O) groups is 1. The van der Waals surface area contributed by atoms with Gasteiger partial charge in [-0.3, -0.25) is 4.79 Å². The summed E-state index contributed by atoms with van der Waals surface area (Å²) in [6.45, 7) is 3.49. The number of rotatable bonds is 5. The van der Waals surface area contributed by atoms with Gasteiger partial charge in [-0.05, 0) is 44.6 Å². The van der Waals surface area contributed by atoms with Crippen LogP contribution in [0.1, 0.15) is 24.9 Å². The van der Waals surface area contributed by atoms with Crippen LogP contribution in [0.2, 0.25) is 0 Å². The van der Waals surface area contributed by atoms with E-state index in [1.54, 1.807) is 24.3 Å². The van der Waals surface area contributed by atoms with E-state index in [0.29, 0.717) is 0 Å². The van der Waals surface area contributed by atoms with E-state index >= 15 is 0 Å². The number of sulfonamides is 1. The fraction of sp³-hybridized carbons (Fsp3) is 0.500. The number of amides is 1. The predicted octanol–water partition coefficient (Wildman–Crippen LogP) is 0.381. The smallest absolute Gasteiger partial charge is 0.240 e. The molecular weight excluding hydrogens is 290 g/mol. The molecule has 1 aliphatic heterocycles. The van der Waals surface area contributed by atoms with Gasteiger partial charge in [-0.2, -0.15) is 0 Å². The molecule has 1 amide bonds. The van der Waals surface area contributed by atoms with Crippen molar-refractivity contribution in [2.45, 2.75) is 24.3 Å². The summed E-state index contributed by atoms with van der Waals surface area (Å²) in [5.41, 5.74) is 0.879. The van der Waals surface area contributed by atoms with Crippen LogP contribution in [0.5, 0.6) is 0 Å². The molecule has 0 saturated carbocycles. The monoisotopic (exact) mass is 311 g/mol. The second kappa shape index (κ2) is 6.55. The standard InChI is InChI=1S/C14H21N3O3S/c1-10(17-14(18)12-7-8-16-9-12)11-3-5-13(6-4-11)21(19,20)15-2/h3-6,10,12,15-16H,7-9H2,1-2H3,(H,17,18). The first-order chi connectivity index (χ1) is 9.94. The van der Waals surface area contributed by atoms with Crippen LogP contribution in [0.4, 0.5) is 0 Å². The molecule has 7 heteroatoms. The zero-order chi connectivity index (χ0) is 15.5. The van der Waals surface area contributed by atoms with Crippen LogP contribution < -0.4 is 15.4 Å². The molecule has 2 atom stereocenters. The minimum atomic E-state index is -3.42. The Morgan fingerprint density at radius 3 is 2.52 bits per heavy atom. The molecule has 0 bridgehead atoms. The first kappa shape index (κ1) is 15.9. The lowest BCUT2D eigenvalue weighted by Crippen LogP contribution is -2.33. The molecule has 0 aliphatic carbocycles. The Bertz CT molecular complexity index is 592. The van der Waals surface area contributed by atoms with Crippen molar-refractivity contribution in [2.24, 2.45) is 5.92 Å². The van der Waals surface area contributed by atoms with Crippen LogP contribution in [-0.4, -0.2) is 34.5 Å². The third-order valence-corrected chi connectivity index (χ3v) is 5.18. The molecule has 1 fully saturated rings. The van der Waals surface area contributed by atoms with Gasteiger partial charge in [0.2, 0.25) is 15.9 Å². The maximum Gasteiger partial charge on any atom is 0.240 e. The lowest BCUT2D eigenvalue weighted by molar-refractivity contribution is -0.125. The van der Waals surface area contributed by atoms with Gasteiger partial charge in [-0.25, -0.2) is 13.1 Å². The number of hydrogen-bond donors (Lipinski definition) is 3. The maximum atomic E-state index is 12.0. The van der Waals surface area contributed by atoms with Gasteiger partial charge in [0, 0.05) is 6.54 Å². The molecule has 1 heterocycles. The van der Waals surface area contributed by atoms with Crippen LogP contribution >= 0.6 is 0 Å². The van der Waals surface area contributed by atoms with Crippen molar-refractivity contribution in [1.82, 2.24) is 15.4 Å². The molecule has 3 N–H and O–H groups in total. The molecule has 0 radical (unpaired) electrons. The molecule has 1 aromatic carbocycles. The van der Waals surface area contributed by atoms with Crippen LogP contribution in [0.25, 0.3) is 0 Å². The molecule has 21 heavy (non-hydrogen) atoms. The molecular formula is C14H21N3O3S. The van der Waals surface area contributed by atoms with Crippen molar-refractivity contribution in [3.63, 3.8) is 0 Å². The second-order valence-corrected chi connectivity index (χ2v) is 7.08. The first-order valence-corrected chi connectivity index (χ1v) is 8.47. The van der Waals surface area contributed by atoms with E-state index in [0.717, 1.165) is 25.1 Å². The van der Waals surface area contributed by atoms with E-state index in [1.807, 2.05) is 6.92 Å². The van der Waals surface area contributed by atoms with Crippen molar-refractivity contribution in [3.05, 3.63) is 29.8 Å². The molecule has 1 aromatic rings.